The predicted octanol–water partition coefficient (Wildman–Crippen LogP) is 1.79. The zero-order valence-electron chi connectivity index (χ0n) is 17.2. The number of nitrogens with two attached hydrogens (primary N) is 1. The molecule has 0 aliphatic heterocycles. The van der Waals surface area contributed by atoms with E-state index in [2.05, 4.69) is 15.6 Å². The van der Waals surface area contributed by atoms with Crippen LogP contribution in [0.15, 0.2) is 53.5 Å². The van der Waals surface area contributed by atoms with Crippen molar-refractivity contribution in [3.8, 4) is 0 Å². The van der Waals surface area contributed by atoms with Crippen LogP contribution in [-0.4, -0.2) is 49.9 Å². The molecule has 7 heteroatoms. The highest BCUT2D eigenvalue weighted by molar-refractivity contribution is 5.94. The number of hydrogen-bond donors (Lipinski definition) is 3. The van der Waals surface area contributed by atoms with E-state index in [9.17, 15) is 9.59 Å². The van der Waals surface area contributed by atoms with E-state index in [1.807, 2.05) is 37.3 Å². The third-order valence-electron chi connectivity index (χ3n) is 4.26. The predicted molar refractivity (Wildman–Crippen MR) is 116 cm³/mol. The SMILES string of the molecule is CCNC(=NCc1cccc(C(N)=O)c1)NCCc1cccc(C(=O)N(C)C)c1. The molecule has 0 fully saturated rings. The molecule has 0 saturated carbocycles. The molecule has 0 bridgehead atoms. The Labute approximate surface area is 172 Å². The van der Waals surface area contributed by atoms with Gasteiger partial charge in [-0.1, -0.05) is 24.3 Å². The molecule has 0 radical (unpaired) electrons. The maximum Gasteiger partial charge on any atom is 0.253 e. The highest BCUT2D eigenvalue weighted by Crippen LogP contribution is 2.08. The maximum atomic E-state index is 12.1. The van der Waals surface area contributed by atoms with E-state index in [0.717, 1.165) is 24.1 Å². The van der Waals surface area contributed by atoms with Gasteiger partial charge in [-0.2, -0.15) is 0 Å². The molecule has 2 rings (SSSR count). The van der Waals surface area contributed by atoms with Crippen LogP contribution in [0.4, 0.5) is 0 Å². The highest BCUT2D eigenvalue weighted by Gasteiger charge is 2.08. The number of carbonyl (C=O) groups excluding carboxylic acids is 2. The summed E-state index contributed by atoms with van der Waals surface area (Å²) < 4.78 is 0. The van der Waals surface area contributed by atoms with E-state index >= 15 is 0 Å². The maximum absolute atomic E-state index is 12.1. The molecule has 0 atom stereocenters. The third kappa shape index (κ3) is 6.95. The first-order chi connectivity index (χ1) is 13.9. The van der Waals surface area contributed by atoms with Gasteiger partial charge < -0.3 is 21.3 Å². The number of nitrogens with one attached hydrogen (secondary N) is 2. The summed E-state index contributed by atoms with van der Waals surface area (Å²) in [7, 11) is 3.49. The molecule has 0 unspecified atom stereocenters. The summed E-state index contributed by atoms with van der Waals surface area (Å²) in [6.07, 6.45) is 0.760. The van der Waals surface area contributed by atoms with E-state index in [1.165, 1.54) is 0 Å². The van der Waals surface area contributed by atoms with Gasteiger partial charge in [0.2, 0.25) is 5.91 Å². The molecule has 0 aliphatic carbocycles. The third-order valence-corrected chi connectivity index (χ3v) is 4.26. The fourth-order valence-electron chi connectivity index (χ4n) is 2.78. The summed E-state index contributed by atoms with van der Waals surface area (Å²) in [5.74, 6) is 0.237. The topological polar surface area (TPSA) is 99.8 Å². The minimum Gasteiger partial charge on any atom is -0.366 e. The zero-order valence-corrected chi connectivity index (χ0v) is 17.2. The number of hydrogen-bond acceptors (Lipinski definition) is 3. The second-order valence-corrected chi connectivity index (χ2v) is 6.84. The molecule has 0 spiro atoms. The highest BCUT2D eigenvalue weighted by atomic mass is 16.2. The molecular weight excluding hydrogens is 366 g/mol. The van der Waals surface area contributed by atoms with Gasteiger partial charge >= 0.3 is 0 Å². The lowest BCUT2D eigenvalue weighted by Gasteiger charge is -2.13. The quantitative estimate of drug-likeness (QED) is 0.469. The number of amides is 2. The second-order valence-electron chi connectivity index (χ2n) is 6.84. The van der Waals surface area contributed by atoms with Crippen LogP contribution in [0.2, 0.25) is 0 Å². The fraction of sp³-hybridized carbons (Fsp3) is 0.318. The lowest BCUT2D eigenvalue weighted by atomic mass is 10.1. The summed E-state index contributed by atoms with van der Waals surface area (Å²) in [5, 5.41) is 6.51. The first-order valence-corrected chi connectivity index (χ1v) is 9.62. The molecule has 7 nitrogen and oxygen atoms in total. The number of guanidine groups is 1. The molecule has 0 aromatic heterocycles. The van der Waals surface area contributed by atoms with Crippen molar-refractivity contribution in [2.45, 2.75) is 19.9 Å². The van der Waals surface area contributed by atoms with E-state index in [4.69, 9.17) is 5.73 Å². The van der Waals surface area contributed by atoms with Gasteiger partial charge in [0, 0.05) is 38.3 Å². The van der Waals surface area contributed by atoms with Crippen molar-refractivity contribution in [1.29, 1.82) is 0 Å². The van der Waals surface area contributed by atoms with E-state index in [1.54, 1.807) is 37.2 Å². The molecule has 154 valence electrons. The molecule has 4 N–H and O–H groups in total. The van der Waals surface area contributed by atoms with Gasteiger partial charge in [-0.15, -0.1) is 0 Å². The van der Waals surface area contributed by atoms with Crippen molar-refractivity contribution in [3.05, 3.63) is 70.8 Å². The van der Waals surface area contributed by atoms with Crippen LogP contribution in [0.1, 0.15) is 38.8 Å². The second kappa shape index (κ2) is 10.8. The molecule has 2 amide bonds. The van der Waals surface area contributed by atoms with E-state index in [0.29, 0.717) is 30.2 Å². The van der Waals surface area contributed by atoms with Crippen LogP contribution in [0, 0.1) is 0 Å². The largest absolute Gasteiger partial charge is 0.366 e. The number of benzene rings is 2. The van der Waals surface area contributed by atoms with Crippen LogP contribution < -0.4 is 16.4 Å². The molecule has 2 aromatic rings. The first kappa shape index (κ1) is 21.9. The van der Waals surface area contributed by atoms with Crippen LogP contribution in [0.3, 0.4) is 0 Å². The van der Waals surface area contributed by atoms with Crippen LogP contribution >= 0.6 is 0 Å². The van der Waals surface area contributed by atoms with Crippen molar-refractivity contribution in [2.75, 3.05) is 27.2 Å². The number of carbonyl (C=O) groups is 2. The Morgan fingerprint density at radius 3 is 2.31 bits per heavy atom. The Morgan fingerprint density at radius 2 is 1.66 bits per heavy atom. The number of aliphatic imine (C=N–C) groups is 1. The van der Waals surface area contributed by atoms with Gasteiger partial charge in [-0.3, -0.25) is 9.59 Å². The van der Waals surface area contributed by atoms with E-state index < -0.39 is 5.91 Å². The van der Waals surface area contributed by atoms with Crippen molar-refractivity contribution < 1.29 is 9.59 Å². The summed E-state index contributed by atoms with van der Waals surface area (Å²) in [4.78, 5) is 29.5. The normalized spacial score (nSPS) is 11.1. The molecular formula is C22H29N5O2. The Kier molecular flexibility index (Phi) is 8.21. The minimum absolute atomic E-state index is 0.00657. The monoisotopic (exact) mass is 395 g/mol. The van der Waals surface area contributed by atoms with Gasteiger partial charge in [-0.25, -0.2) is 4.99 Å². The smallest absolute Gasteiger partial charge is 0.253 e. The Hall–Kier alpha value is -3.35. The zero-order chi connectivity index (χ0) is 21.2. The fourth-order valence-corrected chi connectivity index (χ4v) is 2.78. The van der Waals surface area contributed by atoms with Crippen molar-refractivity contribution in [2.24, 2.45) is 10.7 Å². The van der Waals surface area contributed by atoms with Gasteiger partial charge in [-0.05, 0) is 48.7 Å². The summed E-state index contributed by atoms with van der Waals surface area (Å²) >= 11 is 0. The van der Waals surface area contributed by atoms with Gasteiger partial charge in [0.1, 0.15) is 0 Å². The lowest BCUT2D eigenvalue weighted by Crippen LogP contribution is -2.38. The first-order valence-electron chi connectivity index (χ1n) is 9.62. The summed E-state index contributed by atoms with van der Waals surface area (Å²) in [6, 6.07) is 14.8. The van der Waals surface area contributed by atoms with Crippen molar-refractivity contribution in [1.82, 2.24) is 15.5 Å². The molecule has 29 heavy (non-hydrogen) atoms. The van der Waals surface area contributed by atoms with Crippen LogP contribution in [0.25, 0.3) is 0 Å². The minimum atomic E-state index is -0.448. The van der Waals surface area contributed by atoms with Gasteiger partial charge in [0.15, 0.2) is 5.96 Å². The Bertz CT molecular complexity index is 877. The van der Waals surface area contributed by atoms with Crippen molar-refractivity contribution >= 4 is 17.8 Å². The molecule has 0 aliphatic rings. The summed E-state index contributed by atoms with van der Waals surface area (Å²) in [5.41, 5.74) is 8.48. The molecule has 2 aromatic carbocycles. The van der Waals surface area contributed by atoms with Crippen LogP contribution in [0.5, 0.6) is 0 Å². The van der Waals surface area contributed by atoms with Crippen molar-refractivity contribution in [3.63, 3.8) is 0 Å². The standard InChI is InChI=1S/C22H29N5O2/c1-4-24-22(26-15-17-8-6-9-18(14-17)20(23)28)25-12-11-16-7-5-10-19(13-16)21(29)27(2)3/h5-10,13-14H,4,11-12,15H2,1-3H3,(H2,23,28)(H2,24,25,26). The number of primary amides is 1. The Morgan fingerprint density at radius 1 is 1.00 bits per heavy atom. The average Bonchev–Trinajstić information content (AvgIpc) is 2.71. The van der Waals surface area contributed by atoms with Crippen LogP contribution in [-0.2, 0) is 13.0 Å². The Balaban J connectivity index is 1.96. The average molecular weight is 396 g/mol. The number of nitrogens with zero attached hydrogens (tertiary/aromatic N) is 2. The van der Waals surface area contributed by atoms with Gasteiger partial charge in [0.25, 0.3) is 5.91 Å². The summed E-state index contributed by atoms with van der Waals surface area (Å²) in [6.45, 7) is 3.84. The molecule has 0 heterocycles. The lowest BCUT2D eigenvalue weighted by molar-refractivity contribution is 0.0827. The van der Waals surface area contributed by atoms with E-state index in [-0.39, 0.29) is 5.91 Å². The molecule has 0 saturated heterocycles. The number of rotatable bonds is 8. The van der Waals surface area contributed by atoms with Gasteiger partial charge in [0.05, 0.1) is 6.54 Å².